The second-order valence-corrected chi connectivity index (χ2v) is 4.04. The molecule has 0 unspecified atom stereocenters. The highest BCUT2D eigenvalue weighted by molar-refractivity contribution is 6.11. The van der Waals surface area contributed by atoms with Gasteiger partial charge in [0, 0.05) is 22.4 Å². The number of para-hydroxylation sites is 1. The smallest absolute Gasteiger partial charge is 0.349 e. The molecule has 0 spiro atoms. The number of nitrogens with zero attached hydrogens (tertiary/aromatic N) is 2. The Morgan fingerprint density at radius 2 is 1.63 bits per heavy atom. The van der Waals surface area contributed by atoms with Crippen molar-refractivity contribution in [2.24, 2.45) is 0 Å². The Hall–Kier alpha value is -2.96. The summed E-state index contributed by atoms with van der Waals surface area (Å²) in [5, 5.41) is 23.4. The number of benzene rings is 2. The molecule has 19 heavy (non-hydrogen) atoms. The van der Waals surface area contributed by atoms with Gasteiger partial charge >= 0.3 is 11.4 Å². The van der Waals surface area contributed by atoms with Crippen LogP contribution >= 0.6 is 0 Å². The maximum Gasteiger partial charge on any atom is 0.369 e. The summed E-state index contributed by atoms with van der Waals surface area (Å²) in [5.41, 5.74) is -0.121. The first-order valence-corrected chi connectivity index (χ1v) is 5.42. The topological polar surface area (TPSA) is 102 Å². The third-order valence-corrected chi connectivity index (χ3v) is 3.01. The molecule has 0 aliphatic rings. The maximum absolute atomic E-state index is 11.1. The van der Waals surface area contributed by atoms with Gasteiger partial charge in [0.25, 0.3) is 0 Å². The van der Waals surface area contributed by atoms with Crippen molar-refractivity contribution >= 4 is 33.2 Å². The van der Waals surface area contributed by atoms with Gasteiger partial charge in [0.1, 0.15) is 5.52 Å². The normalized spacial score (nSPS) is 10.9. The van der Waals surface area contributed by atoms with Crippen LogP contribution in [0.2, 0.25) is 0 Å². The molecule has 0 aliphatic carbocycles. The number of rotatable bonds is 2. The van der Waals surface area contributed by atoms with Gasteiger partial charge in [-0.15, -0.1) is 0 Å². The molecule has 7 nitrogen and oxygen atoms in total. The van der Waals surface area contributed by atoms with Crippen LogP contribution < -0.4 is 0 Å². The van der Waals surface area contributed by atoms with E-state index in [-0.39, 0.29) is 5.52 Å². The highest BCUT2D eigenvalue weighted by atomic mass is 16.6. The molecular weight excluding hydrogens is 250 g/mol. The lowest BCUT2D eigenvalue weighted by molar-refractivity contribution is -0.421. The number of nitro benzene ring substituents is 2. The monoisotopic (exact) mass is 257 g/mol. The van der Waals surface area contributed by atoms with Crippen LogP contribution in [-0.2, 0) is 0 Å². The molecule has 0 saturated heterocycles. The zero-order valence-electron chi connectivity index (χ0n) is 9.49. The van der Waals surface area contributed by atoms with Crippen molar-refractivity contribution in [3.63, 3.8) is 0 Å². The molecule has 1 N–H and O–H groups in total. The summed E-state index contributed by atoms with van der Waals surface area (Å²) in [6, 6.07) is 9.87. The Balaban J connectivity index is 2.52. The summed E-state index contributed by atoms with van der Waals surface area (Å²) in [6.07, 6.45) is 0. The fourth-order valence-electron chi connectivity index (χ4n) is 2.22. The van der Waals surface area contributed by atoms with E-state index in [1.54, 1.807) is 12.1 Å². The molecule has 0 amide bonds. The highest BCUT2D eigenvalue weighted by Crippen LogP contribution is 2.37. The molecule has 2 aromatic carbocycles. The third-order valence-electron chi connectivity index (χ3n) is 3.01. The van der Waals surface area contributed by atoms with Crippen LogP contribution in [0.15, 0.2) is 36.4 Å². The van der Waals surface area contributed by atoms with Crippen molar-refractivity contribution in [2.75, 3.05) is 0 Å². The molecule has 0 radical (unpaired) electrons. The summed E-state index contributed by atoms with van der Waals surface area (Å²) < 4.78 is 0. The number of H-pyrrole nitrogens is 1. The molecule has 3 aromatic rings. The van der Waals surface area contributed by atoms with E-state index in [4.69, 9.17) is 0 Å². The van der Waals surface area contributed by atoms with Gasteiger partial charge in [0.2, 0.25) is 0 Å². The van der Waals surface area contributed by atoms with Gasteiger partial charge in [-0.1, -0.05) is 18.2 Å². The van der Waals surface area contributed by atoms with Crippen LogP contribution in [0.3, 0.4) is 0 Å². The van der Waals surface area contributed by atoms with Gasteiger partial charge in [-0.25, -0.2) is 0 Å². The van der Waals surface area contributed by atoms with Crippen LogP contribution in [0.4, 0.5) is 11.4 Å². The second-order valence-electron chi connectivity index (χ2n) is 4.04. The number of aromatic amines is 1. The van der Waals surface area contributed by atoms with Crippen molar-refractivity contribution in [3.05, 3.63) is 56.6 Å². The van der Waals surface area contributed by atoms with E-state index in [9.17, 15) is 20.2 Å². The zero-order valence-corrected chi connectivity index (χ0v) is 9.49. The molecule has 0 saturated carbocycles. The van der Waals surface area contributed by atoms with E-state index in [2.05, 4.69) is 4.98 Å². The molecule has 3 rings (SSSR count). The van der Waals surface area contributed by atoms with Crippen LogP contribution in [0, 0.1) is 20.2 Å². The van der Waals surface area contributed by atoms with E-state index in [1.807, 2.05) is 12.1 Å². The molecule has 0 bridgehead atoms. The Morgan fingerprint density at radius 3 is 2.32 bits per heavy atom. The summed E-state index contributed by atoms with van der Waals surface area (Å²) in [6.45, 7) is 0. The first-order chi connectivity index (χ1) is 9.09. The van der Waals surface area contributed by atoms with Crippen molar-refractivity contribution in [1.82, 2.24) is 4.98 Å². The quantitative estimate of drug-likeness (QED) is 0.562. The Kier molecular flexibility index (Phi) is 2.21. The van der Waals surface area contributed by atoms with Crippen LogP contribution in [0.1, 0.15) is 0 Å². The molecule has 94 valence electrons. The van der Waals surface area contributed by atoms with E-state index in [1.165, 1.54) is 12.1 Å². The van der Waals surface area contributed by atoms with Crippen molar-refractivity contribution in [2.45, 2.75) is 0 Å². The third kappa shape index (κ3) is 1.52. The maximum atomic E-state index is 11.1. The number of nitro groups is 2. The number of hydrogen-bond acceptors (Lipinski definition) is 4. The Bertz CT molecular complexity index is 837. The minimum atomic E-state index is -0.747. The van der Waals surface area contributed by atoms with Crippen LogP contribution in [0.5, 0.6) is 0 Å². The number of fused-ring (bicyclic) bond motifs is 3. The van der Waals surface area contributed by atoms with Crippen molar-refractivity contribution < 1.29 is 9.85 Å². The first kappa shape index (κ1) is 11.1. The second kappa shape index (κ2) is 3.77. The molecular formula is C12H7N3O4. The van der Waals surface area contributed by atoms with E-state index in [0.717, 1.165) is 5.39 Å². The van der Waals surface area contributed by atoms with Gasteiger partial charge in [0.15, 0.2) is 0 Å². The highest BCUT2D eigenvalue weighted by Gasteiger charge is 2.28. The lowest BCUT2D eigenvalue weighted by Gasteiger charge is -1.96. The molecule has 7 heteroatoms. The molecule has 0 aliphatic heterocycles. The summed E-state index contributed by atoms with van der Waals surface area (Å²) >= 11 is 0. The summed E-state index contributed by atoms with van der Waals surface area (Å²) in [4.78, 5) is 23.4. The van der Waals surface area contributed by atoms with Gasteiger partial charge in [0.05, 0.1) is 9.85 Å². The fourth-order valence-corrected chi connectivity index (χ4v) is 2.22. The average Bonchev–Trinajstić information content (AvgIpc) is 2.75. The lowest BCUT2D eigenvalue weighted by atomic mass is 10.1. The molecule has 1 aromatic heterocycles. The molecule has 0 fully saturated rings. The van der Waals surface area contributed by atoms with Crippen molar-refractivity contribution in [1.29, 1.82) is 0 Å². The van der Waals surface area contributed by atoms with E-state index >= 15 is 0 Å². The van der Waals surface area contributed by atoms with Gasteiger partial charge < -0.3 is 4.98 Å². The largest absolute Gasteiger partial charge is 0.369 e. The molecule has 0 atom stereocenters. The first-order valence-electron chi connectivity index (χ1n) is 5.42. The zero-order chi connectivity index (χ0) is 13.6. The van der Waals surface area contributed by atoms with Crippen LogP contribution in [0.25, 0.3) is 21.8 Å². The van der Waals surface area contributed by atoms with E-state index < -0.39 is 21.2 Å². The predicted octanol–water partition coefficient (Wildman–Crippen LogP) is 3.14. The lowest BCUT2D eigenvalue weighted by Crippen LogP contribution is -1.97. The fraction of sp³-hybridized carbons (Fsp3) is 0. The Labute approximate surface area is 105 Å². The SMILES string of the molecule is O=[N+]([O-])c1ccc2c([nH]c3ccccc32)c1[N+](=O)[O-]. The standard InChI is InChI=1S/C12H7N3O4/c16-14(17)10-6-5-8-7-3-1-2-4-9(7)13-11(8)12(10)15(18)19/h1-6,13H. The minimum Gasteiger partial charge on any atom is -0.349 e. The average molecular weight is 257 g/mol. The van der Waals surface area contributed by atoms with Crippen LogP contribution in [-0.4, -0.2) is 14.8 Å². The minimum absolute atomic E-state index is 0.181. The number of nitrogens with one attached hydrogen (secondary N) is 1. The predicted molar refractivity (Wildman–Crippen MR) is 69.1 cm³/mol. The number of hydrogen-bond donors (Lipinski definition) is 1. The summed E-state index contributed by atoms with van der Waals surface area (Å²) in [5.74, 6) is 0. The van der Waals surface area contributed by atoms with Gasteiger partial charge in [-0.2, -0.15) is 0 Å². The molecule has 1 heterocycles. The van der Waals surface area contributed by atoms with Crippen molar-refractivity contribution in [3.8, 4) is 0 Å². The van der Waals surface area contributed by atoms with Gasteiger partial charge in [-0.05, 0) is 12.1 Å². The Morgan fingerprint density at radius 1 is 0.895 bits per heavy atom. The summed E-state index contributed by atoms with van der Waals surface area (Å²) in [7, 11) is 0. The van der Waals surface area contributed by atoms with E-state index in [0.29, 0.717) is 10.9 Å². The van der Waals surface area contributed by atoms with Gasteiger partial charge in [-0.3, -0.25) is 20.2 Å². The number of aromatic nitrogens is 1.